The number of carbonyl (C=O) groups excluding carboxylic acids is 2. The van der Waals surface area contributed by atoms with E-state index >= 15 is 0 Å². The average Bonchev–Trinajstić information content (AvgIpc) is 2.87. The molecular weight excluding hydrogens is 230 g/mol. The summed E-state index contributed by atoms with van der Waals surface area (Å²) in [5.74, 6) is -0.560. The van der Waals surface area contributed by atoms with Crippen molar-refractivity contribution in [2.45, 2.75) is 13.3 Å². The van der Waals surface area contributed by atoms with Crippen LogP contribution >= 0.6 is 0 Å². The Morgan fingerprint density at radius 2 is 2.00 bits per heavy atom. The lowest BCUT2D eigenvalue weighted by molar-refractivity contribution is 0.0984. The minimum Gasteiger partial charge on any atom is -0.364 e. The van der Waals surface area contributed by atoms with E-state index in [2.05, 4.69) is 5.10 Å². The van der Waals surface area contributed by atoms with Gasteiger partial charge in [0.1, 0.15) is 5.69 Å². The van der Waals surface area contributed by atoms with Crippen LogP contribution in [0.4, 0.5) is 0 Å². The minimum atomic E-state index is -0.590. The molecule has 1 aromatic carbocycles. The van der Waals surface area contributed by atoms with Gasteiger partial charge >= 0.3 is 0 Å². The lowest BCUT2D eigenvalue weighted by Crippen LogP contribution is -2.13. The molecule has 1 aromatic heterocycles. The van der Waals surface area contributed by atoms with Crippen molar-refractivity contribution in [2.75, 3.05) is 0 Å². The fraction of sp³-hybridized carbons (Fsp3) is 0.154. The molecule has 1 heterocycles. The molecule has 18 heavy (non-hydrogen) atoms. The maximum absolute atomic E-state index is 11.8. The molecule has 0 bridgehead atoms. The second-order valence-electron chi connectivity index (χ2n) is 3.80. The number of hydrogen-bond acceptors (Lipinski definition) is 3. The number of benzene rings is 1. The van der Waals surface area contributed by atoms with Gasteiger partial charge in [-0.3, -0.25) is 9.59 Å². The maximum Gasteiger partial charge on any atom is 0.269 e. The van der Waals surface area contributed by atoms with Crippen LogP contribution in [-0.2, 0) is 0 Å². The van der Waals surface area contributed by atoms with E-state index in [0.29, 0.717) is 17.7 Å². The molecule has 5 heteroatoms. The summed E-state index contributed by atoms with van der Waals surface area (Å²) in [6.07, 6.45) is 2.03. The molecule has 2 aromatic rings. The maximum atomic E-state index is 11.8. The molecule has 0 unspecified atom stereocenters. The fourth-order valence-corrected chi connectivity index (χ4v) is 1.69. The Kier molecular flexibility index (Phi) is 3.23. The standard InChI is InChI=1S/C13H13N3O2/c1-2-12(17)9-5-3-4-6-11(9)16-8-7-10(15-16)13(14)18/h3-8H,2H2,1H3,(H2,14,18). The predicted octanol–water partition coefficient (Wildman–Crippen LogP) is 1.56. The van der Waals surface area contributed by atoms with Crippen LogP contribution in [0.3, 0.4) is 0 Å². The monoisotopic (exact) mass is 243 g/mol. The Morgan fingerprint density at radius 1 is 1.28 bits per heavy atom. The molecule has 0 spiro atoms. The third-order valence-electron chi connectivity index (χ3n) is 2.61. The Balaban J connectivity index is 2.49. The number of hydrogen-bond donors (Lipinski definition) is 1. The third kappa shape index (κ3) is 2.15. The van der Waals surface area contributed by atoms with Gasteiger partial charge in [-0.05, 0) is 18.2 Å². The van der Waals surface area contributed by atoms with E-state index in [1.54, 1.807) is 31.3 Å². The Morgan fingerprint density at radius 3 is 2.61 bits per heavy atom. The van der Waals surface area contributed by atoms with Gasteiger partial charge in [-0.25, -0.2) is 4.68 Å². The van der Waals surface area contributed by atoms with Crippen molar-refractivity contribution in [3.63, 3.8) is 0 Å². The number of aromatic nitrogens is 2. The first-order valence-electron chi connectivity index (χ1n) is 5.61. The molecule has 0 fully saturated rings. The van der Waals surface area contributed by atoms with Crippen molar-refractivity contribution < 1.29 is 9.59 Å². The highest BCUT2D eigenvalue weighted by molar-refractivity contribution is 5.99. The van der Waals surface area contributed by atoms with Gasteiger partial charge in [0.15, 0.2) is 5.78 Å². The van der Waals surface area contributed by atoms with Crippen molar-refractivity contribution >= 4 is 11.7 Å². The minimum absolute atomic E-state index is 0.0294. The first-order valence-corrected chi connectivity index (χ1v) is 5.61. The van der Waals surface area contributed by atoms with E-state index in [1.807, 2.05) is 6.07 Å². The molecule has 0 saturated heterocycles. The first kappa shape index (κ1) is 12.0. The zero-order valence-corrected chi connectivity index (χ0v) is 9.96. The lowest BCUT2D eigenvalue weighted by atomic mass is 10.1. The van der Waals surface area contributed by atoms with Crippen molar-refractivity contribution in [1.82, 2.24) is 9.78 Å². The van der Waals surface area contributed by atoms with Crippen molar-refractivity contribution in [1.29, 1.82) is 0 Å². The smallest absolute Gasteiger partial charge is 0.269 e. The van der Waals surface area contributed by atoms with Crippen LogP contribution in [0.25, 0.3) is 5.69 Å². The zero-order valence-electron chi connectivity index (χ0n) is 9.96. The predicted molar refractivity (Wildman–Crippen MR) is 66.7 cm³/mol. The SMILES string of the molecule is CCC(=O)c1ccccc1-n1ccc(C(N)=O)n1. The van der Waals surface area contributed by atoms with Gasteiger partial charge < -0.3 is 5.73 Å². The average molecular weight is 243 g/mol. The molecular formula is C13H13N3O2. The van der Waals surface area contributed by atoms with Gasteiger partial charge in [0.25, 0.3) is 5.91 Å². The van der Waals surface area contributed by atoms with Crippen LogP contribution < -0.4 is 5.73 Å². The molecule has 5 nitrogen and oxygen atoms in total. The Bertz CT molecular complexity index is 602. The summed E-state index contributed by atoms with van der Waals surface area (Å²) >= 11 is 0. The molecule has 1 amide bonds. The van der Waals surface area contributed by atoms with E-state index in [4.69, 9.17) is 5.73 Å². The quantitative estimate of drug-likeness (QED) is 0.828. The van der Waals surface area contributed by atoms with Crippen LogP contribution in [0, 0.1) is 0 Å². The van der Waals surface area contributed by atoms with Crippen molar-refractivity contribution in [2.24, 2.45) is 5.73 Å². The molecule has 0 aliphatic rings. The molecule has 0 radical (unpaired) electrons. The van der Waals surface area contributed by atoms with Crippen LogP contribution in [0.2, 0.25) is 0 Å². The van der Waals surface area contributed by atoms with Gasteiger partial charge in [-0.2, -0.15) is 5.10 Å². The topological polar surface area (TPSA) is 78.0 Å². The number of nitrogens with zero attached hydrogens (tertiary/aromatic N) is 2. The van der Waals surface area contributed by atoms with Crippen LogP contribution in [0.1, 0.15) is 34.2 Å². The third-order valence-corrected chi connectivity index (χ3v) is 2.61. The zero-order chi connectivity index (χ0) is 13.1. The summed E-state index contributed by atoms with van der Waals surface area (Å²) < 4.78 is 1.49. The van der Waals surface area contributed by atoms with Gasteiger partial charge in [-0.1, -0.05) is 19.1 Å². The van der Waals surface area contributed by atoms with Crippen molar-refractivity contribution in [3.05, 3.63) is 47.8 Å². The van der Waals surface area contributed by atoms with Gasteiger partial charge in [0, 0.05) is 18.2 Å². The molecule has 0 atom stereocenters. The highest BCUT2D eigenvalue weighted by atomic mass is 16.1. The normalized spacial score (nSPS) is 10.3. The number of carbonyl (C=O) groups is 2. The molecule has 2 N–H and O–H groups in total. The van der Waals surface area contributed by atoms with E-state index < -0.39 is 5.91 Å². The summed E-state index contributed by atoms with van der Waals surface area (Å²) in [7, 11) is 0. The van der Waals surface area contributed by atoms with Crippen LogP contribution in [0.15, 0.2) is 36.5 Å². The number of amides is 1. The van der Waals surface area contributed by atoms with Gasteiger partial charge in [-0.15, -0.1) is 0 Å². The number of nitrogens with two attached hydrogens (primary N) is 1. The number of para-hydroxylation sites is 1. The van der Waals surface area contributed by atoms with Gasteiger partial charge in [0.2, 0.25) is 0 Å². The number of primary amides is 1. The van der Waals surface area contributed by atoms with Crippen LogP contribution in [0.5, 0.6) is 0 Å². The van der Waals surface area contributed by atoms with Crippen molar-refractivity contribution in [3.8, 4) is 5.69 Å². The molecule has 0 saturated carbocycles. The van der Waals surface area contributed by atoms with E-state index in [1.165, 1.54) is 10.7 Å². The molecule has 92 valence electrons. The number of Topliss-reactive ketones (excluding diaryl/α,β-unsaturated/α-hetero) is 1. The summed E-state index contributed by atoms with van der Waals surface area (Å²) in [4.78, 5) is 22.8. The number of ketones is 1. The van der Waals surface area contributed by atoms with Crippen LogP contribution in [-0.4, -0.2) is 21.5 Å². The molecule has 2 rings (SSSR count). The summed E-state index contributed by atoms with van der Waals surface area (Å²) in [6.45, 7) is 1.80. The summed E-state index contributed by atoms with van der Waals surface area (Å²) in [5.41, 5.74) is 6.55. The summed E-state index contributed by atoms with van der Waals surface area (Å²) in [6, 6.07) is 8.65. The Labute approximate surface area is 104 Å². The van der Waals surface area contributed by atoms with E-state index in [-0.39, 0.29) is 11.5 Å². The van der Waals surface area contributed by atoms with E-state index in [9.17, 15) is 9.59 Å². The largest absolute Gasteiger partial charge is 0.364 e. The second kappa shape index (κ2) is 4.83. The first-order chi connectivity index (χ1) is 8.63. The summed E-state index contributed by atoms with van der Waals surface area (Å²) in [5, 5.41) is 4.05. The highest BCUT2D eigenvalue weighted by Gasteiger charge is 2.12. The molecule has 0 aliphatic heterocycles. The number of rotatable bonds is 4. The Hall–Kier alpha value is -2.43. The highest BCUT2D eigenvalue weighted by Crippen LogP contribution is 2.15. The lowest BCUT2D eigenvalue weighted by Gasteiger charge is -2.07. The second-order valence-corrected chi connectivity index (χ2v) is 3.80. The molecule has 0 aliphatic carbocycles. The van der Waals surface area contributed by atoms with E-state index in [0.717, 1.165) is 0 Å². The van der Waals surface area contributed by atoms with Gasteiger partial charge in [0.05, 0.1) is 5.69 Å². The fourth-order valence-electron chi connectivity index (χ4n) is 1.69.